The van der Waals surface area contributed by atoms with E-state index in [1.807, 2.05) is 0 Å². The molecule has 0 spiro atoms. The van der Waals surface area contributed by atoms with E-state index in [1.54, 1.807) is 0 Å². The molecule has 2 nitrogen and oxygen atoms in total. The first-order chi connectivity index (χ1) is 43.2. The van der Waals surface area contributed by atoms with E-state index >= 15 is 0 Å². The molecule has 12 aromatic carbocycles. The van der Waals surface area contributed by atoms with Gasteiger partial charge in [0.2, 0.25) is 0 Å². The number of hydrogen-bond acceptors (Lipinski definition) is 2. The second-order valence-electron chi connectivity index (χ2n) is 26.3. The summed E-state index contributed by atoms with van der Waals surface area (Å²) in [5, 5.41) is 0. The Bertz CT molecular complexity index is 4530. The highest BCUT2D eigenvalue weighted by Crippen LogP contribution is 2.55. The van der Waals surface area contributed by atoms with Crippen LogP contribution in [0.4, 0.5) is 34.1 Å². The summed E-state index contributed by atoms with van der Waals surface area (Å²) >= 11 is 0. The van der Waals surface area contributed by atoms with Gasteiger partial charge in [0.05, 0.1) is 11.4 Å². The standard InChI is InChI=1S/C87H72N2/c1-57-21-19-27-65(49-57)88(83-31-17-15-29-69(83)63-23-11-9-12-24-63)67-41-47-75-73-45-39-61(53-79(73)86(5,6)81(75)55-67)35-33-59-37-43-71-72-44-38-60(52-78(72)85(3,4)77(71)51-59)34-36-62-40-46-74-76-48-42-68(56-82(76)87(7,8)80(74)54-62)89(66-28-20-22-58(2)50-66)84-32-18-16-30-70(84)64-25-13-10-14-26-64/h9-56H,1-8H3. The maximum Gasteiger partial charge on any atom is 0.0540 e. The SMILES string of the molecule is Cc1cccc(N(c2ccc3c(c2)C(C)(C)c2cc(C=Cc4ccc5c(c4)C(C)(C)c4cc(C=Cc6ccc7c(c6)C(C)(C)c6cc(N(c8cccc(C)c8)c8ccccc8-c8ccccc8)ccc6-7)ccc4-5)ccc2-3)c2ccccc2-c2ccccc2)c1. The van der Waals surface area contributed by atoms with Crippen LogP contribution in [0.5, 0.6) is 0 Å². The summed E-state index contributed by atoms with van der Waals surface area (Å²) in [5.41, 5.74) is 34.4. The molecule has 12 aromatic rings. The van der Waals surface area contributed by atoms with E-state index in [0.717, 1.165) is 34.1 Å². The van der Waals surface area contributed by atoms with Gasteiger partial charge in [-0.15, -0.1) is 0 Å². The molecule has 0 atom stereocenters. The second-order valence-corrected chi connectivity index (χ2v) is 26.3. The second kappa shape index (κ2) is 21.5. The van der Waals surface area contributed by atoms with Crippen LogP contribution in [0.1, 0.15) is 108 Å². The summed E-state index contributed by atoms with van der Waals surface area (Å²) in [5.74, 6) is 0. The van der Waals surface area contributed by atoms with Crippen molar-refractivity contribution in [3.05, 3.63) is 334 Å². The van der Waals surface area contributed by atoms with E-state index in [1.165, 1.54) is 122 Å². The Kier molecular flexibility index (Phi) is 13.4. The number of nitrogens with zero attached hydrogens (tertiary/aromatic N) is 2. The van der Waals surface area contributed by atoms with Crippen LogP contribution in [0.2, 0.25) is 0 Å². The van der Waals surface area contributed by atoms with Crippen molar-refractivity contribution in [2.24, 2.45) is 0 Å². The number of fused-ring (bicyclic) bond motifs is 9. The molecule has 0 aromatic heterocycles. The highest BCUT2D eigenvalue weighted by atomic mass is 15.2. The number of anilines is 6. The molecule has 15 rings (SSSR count). The van der Waals surface area contributed by atoms with Crippen molar-refractivity contribution in [1.82, 2.24) is 0 Å². The molecule has 3 aliphatic carbocycles. The molecule has 0 unspecified atom stereocenters. The molecule has 0 N–H and O–H groups in total. The molecular weight excluding hydrogens is 1070 g/mol. The molecular formula is C87H72N2. The van der Waals surface area contributed by atoms with Gasteiger partial charge in [-0.3, -0.25) is 0 Å². The fourth-order valence-corrected chi connectivity index (χ4v) is 14.8. The van der Waals surface area contributed by atoms with Crippen molar-refractivity contribution in [1.29, 1.82) is 0 Å². The lowest BCUT2D eigenvalue weighted by Crippen LogP contribution is -2.17. The summed E-state index contributed by atoms with van der Waals surface area (Å²) < 4.78 is 0. The van der Waals surface area contributed by atoms with Crippen molar-refractivity contribution in [3.63, 3.8) is 0 Å². The van der Waals surface area contributed by atoms with Crippen molar-refractivity contribution < 1.29 is 0 Å². The minimum Gasteiger partial charge on any atom is -0.310 e. The topological polar surface area (TPSA) is 6.48 Å². The Hall–Kier alpha value is -10.3. The molecule has 0 heterocycles. The Labute approximate surface area is 526 Å². The number of rotatable bonds is 12. The first kappa shape index (κ1) is 55.3. The smallest absolute Gasteiger partial charge is 0.0540 e. The van der Waals surface area contributed by atoms with Gasteiger partial charge in [-0.2, -0.15) is 0 Å². The summed E-state index contributed by atoms with van der Waals surface area (Å²) in [6, 6.07) is 99.2. The van der Waals surface area contributed by atoms with Gasteiger partial charge in [0.15, 0.2) is 0 Å². The average molecular weight is 1150 g/mol. The monoisotopic (exact) mass is 1140 g/mol. The zero-order chi connectivity index (χ0) is 60.8. The molecule has 89 heavy (non-hydrogen) atoms. The van der Waals surface area contributed by atoms with Gasteiger partial charge < -0.3 is 9.80 Å². The Balaban J connectivity index is 0.671. The fourth-order valence-electron chi connectivity index (χ4n) is 14.8. The normalized spacial score (nSPS) is 14.2. The lowest BCUT2D eigenvalue weighted by Gasteiger charge is -2.30. The van der Waals surface area contributed by atoms with Crippen LogP contribution in [0.3, 0.4) is 0 Å². The highest BCUT2D eigenvalue weighted by Gasteiger charge is 2.39. The Morgan fingerprint density at radius 2 is 0.517 bits per heavy atom. The molecule has 0 aliphatic heterocycles. The fraction of sp³-hybridized carbons (Fsp3) is 0.126. The van der Waals surface area contributed by atoms with E-state index in [9.17, 15) is 0 Å². The van der Waals surface area contributed by atoms with Crippen LogP contribution in [-0.4, -0.2) is 0 Å². The average Bonchev–Trinajstić information content (AvgIpc) is 1.64. The Morgan fingerprint density at radius 3 is 0.843 bits per heavy atom. The van der Waals surface area contributed by atoms with Gasteiger partial charge in [0.25, 0.3) is 0 Å². The predicted octanol–water partition coefficient (Wildman–Crippen LogP) is 23.8. The van der Waals surface area contributed by atoms with Gasteiger partial charge in [0, 0.05) is 50.1 Å². The van der Waals surface area contributed by atoms with E-state index in [4.69, 9.17) is 0 Å². The third kappa shape index (κ3) is 9.58. The molecule has 0 fully saturated rings. The lowest BCUT2D eigenvalue weighted by atomic mass is 9.81. The molecule has 3 aliphatic rings. The van der Waals surface area contributed by atoms with Crippen LogP contribution in [0.15, 0.2) is 267 Å². The van der Waals surface area contributed by atoms with Crippen LogP contribution < -0.4 is 9.80 Å². The van der Waals surface area contributed by atoms with E-state index in [-0.39, 0.29) is 16.2 Å². The molecule has 0 bridgehead atoms. The van der Waals surface area contributed by atoms with Gasteiger partial charge in [0.1, 0.15) is 0 Å². The third-order valence-electron chi connectivity index (χ3n) is 19.5. The van der Waals surface area contributed by atoms with Crippen LogP contribution in [0, 0.1) is 13.8 Å². The Morgan fingerprint density at radius 1 is 0.236 bits per heavy atom. The van der Waals surface area contributed by atoms with E-state index < -0.39 is 0 Å². The largest absolute Gasteiger partial charge is 0.310 e. The summed E-state index contributed by atoms with van der Waals surface area (Å²) in [6.45, 7) is 18.7. The minimum absolute atomic E-state index is 0.167. The maximum atomic E-state index is 2.44. The number of benzene rings is 12. The first-order valence-electron chi connectivity index (χ1n) is 31.5. The highest BCUT2D eigenvalue weighted by molar-refractivity contribution is 5.94. The molecule has 430 valence electrons. The van der Waals surface area contributed by atoms with Crippen LogP contribution in [0.25, 0.3) is 79.9 Å². The van der Waals surface area contributed by atoms with E-state index in [2.05, 4.69) is 356 Å². The first-order valence-corrected chi connectivity index (χ1v) is 31.5. The quantitative estimate of drug-likeness (QED) is 0.113. The van der Waals surface area contributed by atoms with Gasteiger partial charge in [-0.1, -0.05) is 272 Å². The van der Waals surface area contributed by atoms with Crippen molar-refractivity contribution in [2.45, 2.75) is 71.6 Å². The molecule has 0 amide bonds. The summed E-state index contributed by atoms with van der Waals surface area (Å²) in [6.07, 6.45) is 9.20. The molecule has 0 saturated carbocycles. The lowest BCUT2D eigenvalue weighted by molar-refractivity contribution is 0.660. The summed E-state index contributed by atoms with van der Waals surface area (Å²) in [4.78, 5) is 4.88. The van der Waals surface area contributed by atoms with Gasteiger partial charge in [-0.05, 0) is 186 Å². The van der Waals surface area contributed by atoms with E-state index in [0.29, 0.717) is 0 Å². The van der Waals surface area contributed by atoms with Gasteiger partial charge in [-0.25, -0.2) is 0 Å². The zero-order valence-corrected chi connectivity index (χ0v) is 52.1. The van der Waals surface area contributed by atoms with Crippen LogP contribution in [-0.2, 0) is 16.2 Å². The van der Waals surface area contributed by atoms with Crippen molar-refractivity contribution in [2.75, 3.05) is 9.80 Å². The number of aryl methyl sites for hydroxylation is 2. The number of hydrogen-bond donors (Lipinski definition) is 0. The maximum absolute atomic E-state index is 2.44. The minimum atomic E-state index is -0.210. The molecule has 0 saturated heterocycles. The van der Waals surface area contributed by atoms with Gasteiger partial charge >= 0.3 is 0 Å². The van der Waals surface area contributed by atoms with Crippen LogP contribution >= 0.6 is 0 Å². The molecule has 2 heteroatoms. The van der Waals surface area contributed by atoms with Crippen molar-refractivity contribution >= 4 is 58.4 Å². The van der Waals surface area contributed by atoms with Crippen molar-refractivity contribution in [3.8, 4) is 55.6 Å². The molecule has 0 radical (unpaired) electrons. The summed E-state index contributed by atoms with van der Waals surface area (Å²) in [7, 11) is 0. The zero-order valence-electron chi connectivity index (χ0n) is 52.1. The third-order valence-corrected chi connectivity index (χ3v) is 19.5. The number of para-hydroxylation sites is 2. The predicted molar refractivity (Wildman–Crippen MR) is 380 cm³/mol.